The first-order chi connectivity index (χ1) is 13.6. The first-order valence-electron chi connectivity index (χ1n) is 7.95. The van der Waals surface area contributed by atoms with Gasteiger partial charge in [0.1, 0.15) is 0 Å². The molecule has 0 fully saturated rings. The summed E-state index contributed by atoms with van der Waals surface area (Å²) >= 11 is 5.86. The summed E-state index contributed by atoms with van der Waals surface area (Å²) in [6, 6.07) is 4.63. The first-order valence-corrected chi connectivity index (χ1v) is 8.33. The molecular weight excluding hydrogens is 417 g/mol. The smallest absolute Gasteiger partial charge is 0.417 e. The van der Waals surface area contributed by atoms with Crippen LogP contribution in [0.25, 0.3) is 5.65 Å². The summed E-state index contributed by atoms with van der Waals surface area (Å²) < 4.78 is 44.6. The Kier molecular flexibility index (Phi) is 5.33. The van der Waals surface area contributed by atoms with Crippen molar-refractivity contribution in [2.45, 2.75) is 12.6 Å². The van der Waals surface area contributed by atoms with E-state index in [1.807, 2.05) is 0 Å². The van der Waals surface area contributed by atoms with Crippen LogP contribution in [0.15, 0.2) is 36.7 Å². The van der Waals surface area contributed by atoms with Gasteiger partial charge in [0, 0.05) is 24.1 Å². The van der Waals surface area contributed by atoms with Gasteiger partial charge in [-0.25, -0.2) is 4.98 Å². The average Bonchev–Trinajstić information content (AvgIpc) is 3.03. The van der Waals surface area contributed by atoms with Gasteiger partial charge in [0.25, 0.3) is 0 Å². The molecule has 0 aliphatic rings. The highest BCUT2D eigenvalue weighted by Gasteiger charge is 2.32. The number of methoxy groups -OCH3 is 1. The number of aromatic nitrogens is 2. The highest BCUT2D eigenvalue weighted by molar-refractivity contribution is 6.33. The Morgan fingerprint density at radius 2 is 2.07 bits per heavy atom. The van der Waals surface area contributed by atoms with Crippen molar-refractivity contribution in [3.8, 4) is 5.75 Å². The van der Waals surface area contributed by atoms with Crippen LogP contribution in [0.1, 0.15) is 11.3 Å². The van der Waals surface area contributed by atoms with Gasteiger partial charge in [-0.05, 0) is 18.2 Å². The Hall–Kier alpha value is -3.34. The Bertz CT molecular complexity index is 1110. The lowest BCUT2D eigenvalue weighted by Gasteiger charge is -2.07. The zero-order valence-electron chi connectivity index (χ0n) is 14.7. The molecule has 0 bridgehead atoms. The summed E-state index contributed by atoms with van der Waals surface area (Å²) in [6.45, 7) is 0. The Balaban J connectivity index is 1.81. The number of carbonyl (C=O) groups is 1. The molecule has 1 aromatic carbocycles. The summed E-state index contributed by atoms with van der Waals surface area (Å²) in [4.78, 5) is 26.7. The van der Waals surface area contributed by atoms with Crippen LogP contribution in [0.3, 0.4) is 0 Å². The number of imidazole rings is 1. The molecule has 2 heterocycles. The standard InChI is InChI=1S/C17H12ClF3N4O4/c1-29-14-3-2-10(5-13(14)25(27)28)22-15(26)6-11-8-24-7-9(17(19,20)21)4-12(18)16(24)23-11/h2-5,7-8H,6H2,1H3,(H,22,26). The highest BCUT2D eigenvalue weighted by Crippen LogP contribution is 2.32. The number of nitro groups is 1. The zero-order valence-corrected chi connectivity index (χ0v) is 15.4. The number of halogens is 4. The van der Waals surface area contributed by atoms with Gasteiger partial charge in [-0.2, -0.15) is 13.2 Å². The first kappa shape index (κ1) is 20.4. The molecule has 29 heavy (non-hydrogen) atoms. The van der Waals surface area contributed by atoms with E-state index in [4.69, 9.17) is 16.3 Å². The molecule has 3 rings (SSSR count). The molecule has 0 unspecified atom stereocenters. The molecule has 2 aromatic heterocycles. The fourth-order valence-electron chi connectivity index (χ4n) is 2.63. The maximum atomic E-state index is 12.9. The predicted molar refractivity (Wildman–Crippen MR) is 97.2 cm³/mol. The second-order valence-corrected chi connectivity index (χ2v) is 6.31. The van der Waals surface area contributed by atoms with Crippen LogP contribution in [-0.4, -0.2) is 27.3 Å². The van der Waals surface area contributed by atoms with E-state index < -0.39 is 22.6 Å². The highest BCUT2D eigenvalue weighted by atomic mass is 35.5. The van der Waals surface area contributed by atoms with Gasteiger partial charge in [0.2, 0.25) is 5.91 Å². The SMILES string of the molecule is COc1ccc(NC(=O)Cc2cn3cc(C(F)(F)F)cc(Cl)c3n2)cc1[N+](=O)[O-]. The summed E-state index contributed by atoms with van der Waals surface area (Å²) in [5, 5.41) is 13.3. The van der Waals surface area contributed by atoms with Crippen LogP contribution < -0.4 is 10.1 Å². The Morgan fingerprint density at radius 1 is 1.34 bits per heavy atom. The van der Waals surface area contributed by atoms with E-state index >= 15 is 0 Å². The molecule has 0 aliphatic carbocycles. The number of pyridine rings is 1. The number of hydrogen-bond acceptors (Lipinski definition) is 5. The topological polar surface area (TPSA) is 98.8 Å². The van der Waals surface area contributed by atoms with Gasteiger partial charge in [0.15, 0.2) is 11.4 Å². The number of nitrogens with zero attached hydrogens (tertiary/aromatic N) is 3. The van der Waals surface area contributed by atoms with Crippen molar-refractivity contribution in [3.63, 3.8) is 0 Å². The summed E-state index contributed by atoms with van der Waals surface area (Å²) in [5.74, 6) is -0.538. The maximum Gasteiger partial charge on any atom is 0.417 e. The third kappa shape index (κ3) is 4.40. The number of anilines is 1. The molecule has 0 saturated carbocycles. The number of amides is 1. The van der Waals surface area contributed by atoms with Crippen molar-refractivity contribution in [2.75, 3.05) is 12.4 Å². The molecule has 0 atom stereocenters. The third-order valence-corrected chi connectivity index (χ3v) is 4.16. The van der Waals surface area contributed by atoms with E-state index in [0.29, 0.717) is 0 Å². The molecule has 152 valence electrons. The van der Waals surface area contributed by atoms with Crippen LogP contribution in [0.4, 0.5) is 24.5 Å². The summed E-state index contributed by atoms with van der Waals surface area (Å²) in [7, 11) is 1.28. The van der Waals surface area contributed by atoms with Crippen molar-refractivity contribution in [2.24, 2.45) is 0 Å². The van der Waals surface area contributed by atoms with Gasteiger partial charge < -0.3 is 14.5 Å². The monoisotopic (exact) mass is 428 g/mol. The average molecular weight is 429 g/mol. The zero-order chi connectivity index (χ0) is 21.3. The van der Waals surface area contributed by atoms with Gasteiger partial charge in [-0.1, -0.05) is 11.6 Å². The molecule has 0 aliphatic heterocycles. The molecule has 0 saturated heterocycles. The number of nitro benzene ring substituents is 1. The van der Waals surface area contributed by atoms with Crippen molar-refractivity contribution in [3.05, 3.63) is 63.1 Å². The van der Waals surface area contributed by atoms with Crippen molar-refractivity contribution in [1.82, 2.24) is 9.38 Å². The lowest BCUT2D eigenvalue weighted by molar-refractivity contribution is -0.385. The second-order valence-electron chi connectivity index (χ2n) is 5.91. The molecule has 3 aromatic rings. The van der Waals surface area contributed by atoms with Crippen LogP contribution in [0.2, 0.25) is 5.02 Å². The van der Waals surface area contributed by atoms with E-state index in [2.05, 4.69) is 10.3 Å². The number of hydrogen-bond donors (Lipinski definition) is 1. The van der Waals surface area contributed by atoms with E-state index in [1.54, 1.807) is 0 Å². The van der Waals surface area contributed by atoms with Gasteiger partial charge in [-0.15, -0.1) is 0 Å². The van der Waals surface area contributed by atoms with Gasteiger partial charge in [0.05, 0.1) is 34.7 Å². The van der Waals surface area contributed by atoms with E-state index in [1.165, 1.54) is 25.4 Å². The number of carbonyl (C=O) groups excluding carboxylic acids is 1. The van der Waals surface area contributed by atoms with Crippen LogP contribution in [0.5, 0.6) is 5.75 Å². The predicted octanol–water partition coefficient (Wildman–Crippen LogP) is 4.10. The van der Waals surface area contributed by atoms with Crippen molar-refractivity contribution in [1.29, 1.82) is 0 Å². The molecule has 0 radical (unpaired) electrons. The summed E-state index contributed by atoms with van der Waals surface area (Å²) in [5.41, 5.74) is -0.878. The molecular formula is C17H12ClF3N4O4. The van der Waals surface area contributed by atoms with Crippen LogP contribution in [-0.2, 0) is 17.4 Å². The number of rotatable bonds is 5. The molecule has 8 nitrogen and oxygen atoms in total. The lowest BCUT2D eigenvalue weighted by Crippen LogP contribution is -2.14. The van der Waals surface area contributed by atoms with E-state index in [9.17, 15) is 28.1 Å². The minimum Gasteiger partial charge on any atom is -0.490 e. The molecule has 0 spiro atoms. The Morgan fingerprint density at radius 3 is 2.69 bits per heavy atom. The van der Waals surface area contributed by atoms with E-state index in [0.717, 1.165) is 22.7 Å². The van der Waals surface area contributed by atoms with Crippen LogP contribution in [0, 0.1) is 10.1 Å². The van der Waals surface area contributed by atoms with Gasteiger partial charge in [-0.3, -0.25) is 14.9 Å². The number of ether oxygens (including phenoxy) is 1. The van der Waals surface area contributed by atoms with Gasteiger partial charge >= 0.3 is 11.9 Å². The largest absolute Gasteiger partial charge is 0.490 e. The number of nitrogens with one attached hydrogen (secondary N) is 1. The second kappa shape index (κ2) is 7.59. The van der Waals surface area contributed by atoms with Crippen molar-refractivity contribution >= 4 is 34.5 Å². The number of benzene rings is 1. The van der Waals surface area contributed by atoms with Crippen LogP contribution >= 0.6 is 11.6 Å². The fraction of sp³-hybridized carbons (Fsp3) is 0.176. The number of alkyl halides is 3. The minimum atomic E-state index is -4.58. The fourth-order valence-corrected chi connectivity index (χ4v) is 2.89. The van der Waals surface area contributed by atoms with E-state index in [-0.39, 0.29) is 39.9 Å². The van der Waals surface area contributed by atoms with Crippen molar-refractivity contribution < 1.29 is 27.6 Å². The maximum absolute atomic E-state index is 12.9. The quantitative estimate of drug-likeness (QED) is 0.487. The molecule has 1 amide bonds. The lowest BCUT2D eigenvalue weighted by atomic mass is 10.2. The summed E-state index contributed by atoms with van der Waals surface area (Å²) in [6.07, 6.45) is -2.78. The number of fused-ring (bicyclic) bond motifs is 1. The minimum absolute atomic E-state index is 0.0310. The molecule has 12 heteroatoms. The third-order valence-electron chi connectivity index (χ3n) is 3.88. The normalized spacial score (nSPS) is 11.5. The Labute approximate surface area is 166 Å². The molecule has 1 N–H and O–H groups in total.